The van der Waals surface area contributed by atoms with Gasteiger partial charge in [0.25, 0.3) is 0 Å². The Kier molecular flexibility index (Phi) is 4.21. The summed E-state index contributed by atoms with van der Waals surface area (Å²) in [7, 11) is 1.19. The first-order valence-corrected chi connectivity index (χ1v) is 4.61. The smallest absolute Gasteiger partial charge is 0.308 e. The van der Waals surface area contributed by atoms with Crippen LogP contribution in [0.25, 0.3) is 0 Å². The third kappa shape index (κ3) is 3.18. The summed E-state index contributed by atoms with van der Waals surface area (Å²) in [6.45, 7) is 0. The van der Waals surface area contributed by atoms with Gasteiger partial charge in [-0.05, 0) is 6.07 Å². The zero-order valence-electron chi connectivity index (χ0n) is 8.70. The zero-order valence-corrected chi connectivity index (χ0v) is 8.70. The number of hydrogen-bond donors (Lipinski definition) is 3. The molecule has 1 aromatic rings. The summed E-state index contributed by atoms with van der Waals surface area (Å²) >= 11 is 0. The zero-order chi connectivity index (χ0) is 12.1. The van der Waals surface area contributed by atoms with Crippen LogP contribution < -0.4 is 0 Å². The van der Waals surface area contributed by atoms with Crippen LogP contribution in [-0.4, -0.2) is 39.5 Å². The number of rotatable bonds is 4. The van der Waals surface area contributed by atoms with Gasteiger partial charge in [0.05, 0.1) is 25.8 Å². The van der Waals surface area contributed by atoms with Gasteiger partial charge in [-0.3, -0.25) is 9.78 Å². The second-order valence-electron chi connectivity index (χ2n) is 3.27. The van der Waals surface area contributed by atoms with E-state index >= 15 is 0 Å². The second-order valence-corrected chi connectivity index (χ2v) is 3.27. The predicted octanol–water partition coefficient (Wildman–Crippen LogP) is -0.255. The van der Waals surface area contributed by atoms with Crippen molar-refractivity contribution in [1.82, 2.24) is 4.98 Å². The van der Waals surface area contributed by atoms with E-state index in [1.807, 2.05) is 0 Å². The van der Waals surface area contributed by atoms with E-state index in [1.165, 1.54) is 25.6 Å². The Morgan fingerprint density at radius 3 is 2.75 bits per heavy atom. The fraction of sp³-hybridized carbons (Fsp3) is 0.400. The summed E-state index contributed by atoms with van der Waals surface area (Å²) in [5, 5.41) is 28.3. The monoisotopic (exact) mass is 227 g/mol. The first kappa shape index (κ1) is 12.4. The molecular formula is C10H13NO5. The second kappa shape index (κ2) is 5.43. The molecule has 1 aromatic heterocycles. The molecule has 0 amide bonds. The molecule has 3 N–H and O–H groups in total. The van der Waals surface area contributed by atoms with Crippen LogP contribution in [0.4, 0.5) is 0 Å². The molecule has 0 saturated heterocycles. The van der Waals surface area contributed by atoms with Gasteiger partial charge >= 0.3 is 5.97 Å². The van der Waals surface area contributed by atoms with Crippen molar-refractivity contribution in [3.63, 3.8) is 0 Å². The van der Waals surface area contributed by atoms with E-state index in [1.54, 1.807) is 0 Å². The molecule has 2 atom stereocenters. The molecule has 6 heteroatoms. The summed E-state index contributed by atoms with van der Waals surface area (Å²) in [5.74, 6) is -0.749. The summed E-state index contributed by atoms with van der Waals surface area (Å²) in [4.78, 5) is 14.5. The van der Waals surface area contributed by atoms with Crippen LogP contribution in [0.5, 0.6) is 5.75 Å². The number of hydrogen-bond acceptors (Lipinski definition) is 6. The van der Waals surface area contributed by atoms with Gasteiger partial charge in [0.1, 0.15) is 11.9 Å². The highest BCUT2D eigenvalue weighted by Gasteiger charge is 2.22. The largest absolute Gasteiger partial charge is 0.506 e. The van der Waals surface area contributed by atoms with Gasteiger partial charge in [-0.25, -0.2) is 0 Å². The molecule has 1 heterocycles. The maximum absolute atomic E-state index is 10.9. The molecule has 0 spiro atoms. The highest BCUT2D eigenvalue weighted by atomic mass is 16.5. The Hall–Kier alpha value is -1.66. The number of pyridine rings is 1. The van der Waals surface area contributed by atoms with Crippen LogP contribution in [0.1, 0.15) is 18.1 Å². The molecule has 0 aliphatic rings. The third-order valence-electron chi connectivity index (χ3n) is 2.05. The lowest BCUT2D eigenvalue weighted by Crippen LogP contribution is -2.22. The van der Waals surface area contributed by atoms with E-state index in [0.717, 1.165) is 0 Å². The SMILES string of the molecule is COC(=O)CC(O)C(O)c1cncc(O)c1. The molecule has 0 aromatic carbocycles. The number of aromatic hydroxyl groups is 1. The van der Waals surface area contributed by atoms with E-state index in [9.17, 15) is 15.0 Å². The van der Waals surface area contributed by atoms with Crippen molar-refractivity contribution >= 4 is 5.97 Å². The van der Waals surface area contributed by atoms with Crippen LogP contribution in [0.3, 0.4) is 0 Å². The lowest BCUT2D eigenvalue weighted by molar-refractivity contribution is -0.144. The van der Waals surface area contributed by atoms with E-state index < -0.39 is 18.2 Å². The van der Waals surface area contributed by atoms with Gasteiger partial charge in [0, 0.05) is 11.8 Å². The van der Waals surface area contributed by atoms with Gasteiger partial charge in [0.2, 0.25) is 0 Å². The molecule has 0 fully saturated rings. The Labute approximate surface area is 92.1 Å². The molecule has 0 radical (unpaired) electrons. The Morgan fingerprint density at radius 2 is 2.19 bits per heavy atom. The molecule has 0 saturated carbocycles. The average Bonchev–Trinajstić information content (AvgIpc) is 2.27. The molecule has 88 valence electrons. The van der Waals surface area contributed by atoms with Gasteiger partial charge in [-0.2, -0.15) is 0 Å². The first-order valence-electron chi connectivity index (χ1n) is 4.61. The van der Waals surface area contributed by atoms with Crippen molar-refractivity contribution in [1.29, 1.82) is 0 Å². The van der Waals surface area contributed by atoms with E-state index in [4.69, 9.17) is 5.11 Å². The summed E-state index contributed by atoms with van der Waals surface area (Å²) < 4.78 is 4.36. The molecule has 2 unspecified atom stereocenters. The number of aromatic nitrogens is 1. The number of nitrogens with zero attached hydrogens (tertiary/aromatic N) is 1. The number of carbonyl (C=O) groups is 1. The van der Waals surface area contributed by atoms with Crippen molar-refractivity contribution in [3.8, 4) is 5.75 Å². The van der Waals surface area contributed by atoms with Gasteiger partial charge in [0.15, 0.2) is 0 Å². The minimum absolute atomic E-state index is 0.123. The number of aliphatic hydroxyl groups excluding tert-OH is 2. The average molecular weight is 227 g/mol. The minimum atomic E-state index is -1.30. The molecule has 0 bridgehead atoms. The maximum atomic E-state index is 10.9. The van der Waals surface area contributed by atoms with Crippen molar-refractivity contribution < 1.29 is 24.9 Å². The van der Waals surface area contributed by atoms with Crippen LogP contribution in [0.15, 0.2) is 18.5 Å². The Bertz CT molecular complexity index is 368. The molecule has 6 nitrogen and oxygen atoms in total. The topological polar surface area (TPSA) is 99.9 Å². The van der Waals surface area contributed by atoms with E-state index in [2.05, 4.69) is 9.72 Å². The highest BCUT2D eigenvalue weighted by Crippen LogP contribution is 2.21. The number of methoxy groups -OCH3 is 1. The Morgan fingerprint density at radius 1 is 1.50 bits per heavy atom. The van der Waals surface area contributed by atoms with E-state index in [-0.39, 0.29) is 17.7 Å². The molecular weight excluding hydrogens is 214 g/mol. The standard InChI is InChI=1S/C10H13NO5/c1-16-9(14)3-8(13)10(15)6-2-7(12)5-11-4-6/h2,4-5,8,10,12-13,15H,3H2,1H3. The van der Waals surface area contributed by atoms with Gasteiger partial charge < -0.3 is 20.1 Å². The van der Waals surface area contributed by atoms with E-state index in [0.29, 0.717) is 0 Å². The third-order valence-corrected chi connectivity index (χ3v) is 2.05. The van der Waals surface area contributed by atoms with Crippen LogP contribution in [-0.2, 0) is 9.53 Å². The van der Waals surface area contributed by atoms with Crippen molar-refractivity contribution in [2.24, 2.45) is 0 Å². The van der Waals surface area contributed by atoms with Gasteiger partial charge in [-0.15, -0.1) is 0 Å². The van der Waals surface area contributed by atoms with Crippen molar-refractivity contribution in [2.45, 2.75) is 18.6 Å². The highest BCUT2D eigenvalue weighted by molar-refractivity contribution is 5.69. The maximum Gasteiger partial charge on any atom is 0.308 e. The number of ether oxygens (including phenoxy) is 1. The first-order chi connectivity index (χ1) is 7.54. The van der Waals surface area contributed by atoms with Crippen molar-refractivity contribution in [2.75, 3.05) is 7.11 Å². The minimum Gasteiger partial charge on any atom is -0.506 e. The fourth-order valence-corrected chi connectivity index (χ4v) is 1.19. The summed E-state index contributed by atoms with van der Waals surface area (Å²) in [6.07, 6.45) is -0.420. The molecule has 0 aliphatic heterocycles. The van der Waals surface area contributed by atoms with Crippen LogP contribution >= 0.6 is 0 Å². The molecule has 16 heavy (non-hydrogen) atoms. The normalized spacial score (nSPS) is 14.2. The lowest BCUT2D eigenvalue weighted by Gasteiger charge is -2.16. The van der Waals surface area contributed by atoms with Crippen molar-refractivity contribution in [3.05, 3.63) is 24.0 Å². The quantitative estimate of drug-likeness (QED) is 0.613. The Balaban J connectivity index is 2.70. The predicted molar refractivity (Wildman–Crippen MR) is 53.5 cm³/mol. The van der Waals surface area contributed by atoms with Crippen LogP contribution in [0.2, 0.25) is 0 Å². The number of esters is 1. The summed E-state index contributed by atoms with van der Waals surface area (Å²) in [5.41, 5.74) is 0.233. The lowest BCUT2D eigenvalue weighted by atomic mass is 10.0. The molecule has 0 aliphatic carbocycles. The molecule has 1 rings (SSSR count). The number of aliphatic hydroxyl groups is 2. The fourth-order valence-electron chi connectivity index (χ4n) is 1.19. The summed E-state index contributed by atoms with van der Waals surface area (Å²) in [6, 6.07) is 1.26. The number of carbonyl (C=O) groups excluding carboxylic acids is 1. The van der Waals surface area contributed by atoms with Crippen LogP contribution in [0, 0.1) is 0 Å². The van der Waals surface area contributed by atoms with Gasteiger partial charge in [-0.1, -0.05) is 0 Å².